The first-order chi connectivity index (χ1) is 9.74. The monoisotopic (exact) mass is 287 g/mol. The molecule has 3 aromatic rings. The molecule has 0 saturated carbocycles. The van der Waals surface area contributed by atoms with E-state index in [0.717, 1.165) is 12.8 Å². The quantitative estimate of drug-likeness (QED) is 0.776. The molecule has 2 heterocycles. The van der Waals surface area contributed by atoms with E-state index in [1.807, 2.05) is 6.07 Å². The van der Waals surface area contributed by atoms with E-state index in [1.54, 1.807) is 29.5 Å². The first-order valence-corrected chi connectivity index (χ1v) is 7.26. The van der Waals surface area contributed by atoms with Gasteiger partial charge in [-0.25, -0.2) is 9.78 Å². The second-order valence-electron chi connectivity index (χ2n) is 4.50. The molecule has 0 unspecified atom stereocenters. The van der Waals surface area contributed by atoms with Gasteiger partial charge >= 0.3 is 5.97 Å². The molecular formula is C15H13NO3S. The Hall–Kier alpha value is -2.14. The fourth-order valence-electron chi connectivity index (χ4n) is 2.14. The zero-order valence-electron chi connectivity index (χ0n) is 10.7. The van der Waals surface area contributed by atoms with Crippen LogP contribution in [0.3, 0.4) is 0 Å². The van der Waals surface area contributed by atoms with E-state index in [2.05, 4.69) is 16.4 Å². The standard InChI is InChI=1S/C15H13NO3S/c17-15(18)11-6-2-7-12-14(11)16-13(19-12)8-1-4-10-5-3-9-20-10/h2-3,5-7,9H,1,4,8H2,(H,17,18). The highest BCUT2D eigenvalue weighted by Gasteiger charge is 2.14. The number of aryl methyl sites for hydroxylation is 2. The Morgan fingerprint density at radius 2 is 2.15 bits per heavy atom. The highest BCUT2D eigenvalue weighted by molar-refractivity contribution is 7.09. The maximum Gasteiger partial charge on any atom is 0.338 e. The Morgan fingerprint density at radius 1 is 1.25 bits per heavy atom. The summed E-state index contributed by atoms with van der Waals surface area (Å²) in [6, 6.07) is 9.12. The summed E-state index contributed by atoms with van der Waals surface area (Å²) in [6.45, 7) is 0. The predicted molar refractivity (Wildman–Crippen MR) is 77.3 cm³/mol. The zero-order chi connectivity index (χ0) is 13.9. The number of carboxylic acid groups (broad SMARTS) is 1. The van der Waals surface area contributed by atoms with Gasteiger partial charge < -0.3 is 9.52 Å². The van der Waals surface area contributed by atoms with Gasteiger partial charge in [0, 0.05) is 11.3 Å². The average Bonchev–Trinajstić information content (AvgIpc) is 3.06. The summed E-state index contributed by atoms with van der Waals surface area (Å²) < 4.78 is 5.61. The number of para-hydroxylation sites is 1. The van der Waals surface area contributed by atoms with Gasteiger partial charge in [-0.05, 0) is 36.4 Å². The van der Waals surface area contributed by atoms with Crippen LogP contribution >= 0.6 is 11.3 Å². The van der Waals surface area contributed by atoms with E-state index in [9.17, 15) is 4.79 Å². The smallest absolute Gasteiger partial charge is 0.338 e. The fourth-order valence-corrected chi connectivity index (χ4v) is 2.89. The summed E-state index contributed by atoms with van der Waals surface area (Å²) in [6.07, 6.45) is 2.64. The number of nitrogens with zero attached hydrogens (tertiary/aromatic N) is 1. The van der Waals surface area contributed by atoms with Crippen LogP contribution in [0.15, 0.2) is 40.1 Å². The Morgan fingerprint density at radius 3 is 2.90 bits per heavy atom. The molecule has 102 valence electrons. The molecule has 0 saturated heterocycles. The van der Waals surface area contributed by atoms with Crippen LogP contribution in [0.4, 0.5) is 0 Å². The van der Waals surface area contributed by atoms with Crippen molar-refractivity contribution in [1.29, 1.82) is 0 Å². The van der Waals surface area contributed by atoms with Crippen LogP contribution < -0.4 is 0 Å². The lowest BCUT2D eigenvalue weighted by molar-refractivity contribution is 0.0699. The van der Waals surface area contributed by atoms with Crippen LogP contribution in [0.1, 0.15) is 27.5 Å². The van der Waals surface area contributed by atoms with Crippen LogP contribution in [0.5, 0.6) is 0 Å². The van der Waals surface area contributed by atoms with Gasteiger partial charge in [0.25, 0.3) is 0 Å². The number of oxazole rings is 1. The fraction of sp³-hybridized carbons (Fsp3) is 0.200. The zero-order valence-corrected chi connectivity index (χ0v) is 11.5. The Kier molecular flexibility index (Phi) is 3.52. The summed E-state index contributed by atoms with van der Waals surface area (Å²) in [7, 11) is 0. The van der Waals surface area contributed by atoms with Crippen molar-refractivity contribution >= 4 is 28.4 Å². The maximum absolute atomic E-state index is 11.1. The number of aromatic nitrogens is 1. The lowest BCUT2D eigenvalue weighted by atomic mass is 10.2. The van der Waals surface area contributed by atoms with Crippen LogP contribution in [-0.2, 0) is 12.8 Å². The summed E-state index contributed by atoms with van der Waals surface area (Å²) in [5, 5.41) is 11.2. The van der Waals surface area contributed by atoms with Gasteiger partial charge in [0.15, 0.2) is 11.5 Å². The second-order valence-corrected chi connectivity index (χ2v) is 5.53. The van der Waals surface area contributed by atoms with Crippen LogP contribution in [-0.4, -0.2) is 16.1 Å². The molecular weight excluding hydrogens is 274 g/mol. The normalized spacial score (nSPS) is 11.0. The molecule has 2 aromatic heterocycles. The van der Waals surface area contributed by atoms with E-state index >= 15 is 0 Å². The van der Waals surface area contributed by atoms with Crippen molar-refractivity contribution in [3.05, 3.63) is 52.0 Å². The maximum atomic E-state index is 11.1. The van der Waals surface area contributed by atoms with Crippen molar-refractivity contribution < 1.29 is 14.3 Å². The second kappa shape index (κ2) is 5.46. The number of hydrogen-bond donors (Lipinski definition) is 1. The largest absolute Gasteiger partial charge is 0.478 e. The molecule has 4 nitrogen and oxygen atoms in total. The van der Waals surface area contributed by atoms with Gasteiger partial charge in [0.1, 0.15) is 5.52 Å². The number of fused-ring (bicyclic) bond motifs is 1. The highest BCUT2D eigenvalue weighted by atomic mass is 32.1. The number of hydrogen-bond acceptors (Lipinski definition) is 4. The predicted octanol–water partition coefficient (Wildman–Crippen LogP) is 3.76. The molecule has 0 fully saturated rings. The topological polar surface area (TPSA) is 63.3 Å². The molecule has 1 N–H and O–H groups in total. The highest BCUT2D eigenvalue weighted by Crippen LogP contribution is 2.21. The number of thiophene rings is 1. The third-order valence-electron chi connectivity index (χ3n) is 3.09. The van der Waals surface area contributed by atoms with Gasteiger partial charge in [-0.3, -0.25) is 0 Å². The molecule has 0 atom stereocenters. The minimum Gasteiger partial charge on any atom is -0.478 e. The number of carboxylic acids is 1. The minimum atomic E-state index is -0.978. The molecule has 3 rings (SSSR count). The number of aromatic carboxylic acids is 1. The van der Waals surface area contributed by atoms with Crippen molar-refractivity contribution in [3.63, 3.8) is 0 Å². The summed E-state index contributed by atoms with van der Waals surface area (Å²) in [5.41, 5.74) is 1.16. The van der Waals surface area contributed by atoms with Gasteiger partial charge in [-0.2, -0.15) is 0 Å². The van der Waals surface area contributed by atoms with E-state index in [0.29, 0.717) is 23.4 Å². The van der Waals surface area contributed by atoms with E-state index in [4.69, 9.17) is 9.52 Å². The van der Waals surface area contributed by atoms with Crippen LogP contribution in [0.25, 0.3) is 11.1 Å². The van der Waals surface area contributed by atoms with Crippen molar-refractivity contribution in [2.75, 3.05) is 0 Å². The van der Waals surface area contributed by atoms with Crippen molar-refractivity contribution in [2.24, 2.45) is 0 Å². The first-order valence-electron chi connectivity index (χ1n) is 6.38. The molecule has 0 spiro atoms. The van der Waals surface area contributed by atoms with Crippen molar-refractivity contribution in [2.45, 2.75) is 19.3 Å². The Bertz CT molecular complexity index is 731. The summed E-state index contributed by atoms with van der Waals surface area (Å²) in [4.78, 5) is 16.8. The summed E-state index contributed by atoms with van der Waals surface area (Å²) in [5.74, 6) is -0.376. The molecule has 0 aliphatic carbocycles. The molecule has 0 amide bonds. The minimum absolute atomic E-state index is 0.191. The molecule has 0 aliphatic rings. The number of benzene rings is 1. The molecule has 1 aromatic carbocycles. The third-order valence-corrected chi connectivity index (χ3v) is 4.02. The molecule has 5 heteroatoms. The Balaban J connectivity index is 1.76. The van der Waals surface area contributed by atoms with E-state index < -0.39 is 5.97 Å². The van der Waals surface area contributed by atoms with Gasteiger partial charge in [0.05, 0.1) is 5.56 Å². The van der Waals surface area contributed by atoms with E-state index in [1.165, 1.54) is 4.88 Å². The SMILES string of the molecule is O=C(O)c1cccc2oc(CCCc3cccs3)nc12. The van der Waals surface area contributed by atoms with Crippen LogP contribution in [0, 0.1) is 0 Å². The average molecular weight is 287 g/mol. The molecule has 0 aliphatic heterocycles. The van der Waals surface area contributed by atoms with Crippen molar-refractivity contribution in [3.8, 4) is 0 Å². The molecule has 20 heavy (non-hydrogen) atoms. The molecule has 0 radical (unpaired) electrons. The van der Waals surface area contributed by atoms with E-state index in [-0.39, 0.29) is 5.56 Å². The number of carbonyl (C=O) groups is 1. The van der Waals surface area contributed by atoms with Crippen LogP contribution in [0.2, 0.25) is 0 Å². The van der Waals surface area contributed by atoms with Gasteiger partial charge in [-0.15, -0.1) is 11.3 Å². The first kappa shape index (κ1) is 12.9. The third kappa shape index (κ3) is 2.58. The van der Waals surface area contributed by atoms with Gasteiger partial charge in [-0.1, -0.05) is 12.1 Å². The lowest BCUT2D eigenvalue weighted by Crippen LogP contribution is -1.97. The lowest BCUT2D eigenvalue weighted by Gasteiger charge is -1.94. The Labute approximate surface area is 119 Å². The summed E-state index contributed by atoms with van der Waals surface area (Å²) >= 11 is 1.74. The number of rotatable bonds is 5. The van der Waals surface area contributed by atoms with Gasteiger partial charge in [0.2, 0.25) is 0 Å². The van der Waals surface area contributed by atoms with Crippen molar-refractivity contribution in [1.82, 2.24) is 4.98 Å². The molecule has 0 bridgehead atoms.